The minimum Gasteiger partial charge on any atom is -0.384 e. The van der Waals surface area contributed by atoms with Crippen molar-refractivity contribution in [2.45, 2.75) is 63.9 Å². The molecule has 1 aliphatic rings. The molecule has 2 atom stereocenters. The Balaban J connectivity index is 2.18. The van der Waals surface area contributed by atoms with E-state index >= 15 is 0 Å². The smallest absolute Gasteiger partial charge is 0.128 e. The van der Waals surface area contributed by atoms with Crippen LogP contribution in [0.25, 0.3) is 0 Å². The van der Waals surface area contributed by atoms with Gasteiger partial charge in [-0.2, -0.15) is 0 Å². The van der Waals surface area contributed by atoms with E-state index in [0.29, 0.717) is 5.92 Å². The molecule has 2 heteroatoms. The lowest BCUT2D eigenvalue weighted by Gasteiger charge is -2.41. The van der Waals surface area contributed by atoms with Gasteiger partial charge in [0.25, 0.3) is 0 Å². The van der Waals surface area contributed by atoms with Gasteiger partial charge in [0.15, 0.2) is 0 Å². The molecule has 0 aromatic rings. The molecule has 0 spiro atoms. The molecular formula is C14H24O2. The summed E-state index contributed by atoms with van der Waals surface area (Å²) in [5.41, 5.74) is -0.784. The molecule has 0 unspecified atom stereocenters. The van der Waals surface area contributed by atoms with Crippen molar-refractivity contribution in [3.63, 3.8) is 0 Å². The standard InChI is InChI=1S/C14H24O2/c1-2-3-4-5-6-8-13-9-11-14(13,16)10-7-12-15/h13,15-16H,2-6,8-9,11-12H2,1H3/t13-,14+/m1/s1. The number of hydrogen-bond acceptors (Lipinski definition) is 2. The highest BCUT2D eigenvalue weighted by molar-refractivity contribution is 5.20. The average molecular weight is 224 g/mol. The molecule has 0 radical (unpaired) electrons. The molecule has 1 aliphatic carbocycles. The summed E-state index contributed by atoms with van der Waals surface area (Å²) in [6, 6.07) is 0. The normalized spacial score (nSPS) is 28.1. The predicted octanol–water partition coefficient (Wildman–Crippen LogP) is 2.48. The second kappa shape index (κ2) is 6.93. The second-order valence-corrected chi connectivity index (χ2v) is 4.82. The van der Waals surface area contributed by atoms with E-state index in [1.165, 1.54) is 32.1 Å². The third-order valence-corrected chi connectivity index (χ3v) is 3.59. The van der Waals surface area contributed by atoms with Crippen molar-refractivity contribution in [3.8, 4) is 11.8 Å². The minimum atomic E-state index is -0.784. The first-order valence-corrected chi connectivity index (χ1v) is 6.56. The number of hydrogen-bond donors (Lipinski definition) is 2. The molecule has 1 rings (SSSR count). The monoisotopic (exact) mass is 224 g/mol. The van der Waals surface area contributed by atoms with E-state index < -0.39 is 5.60 Å². The minimum absolute atomic E-state index is 0.147. The van der Waals surface area contributed by atoms with Crippen molar-refractivity contribution in [1.29, 1.82) is 0 Å². The van der Waals surface area contributed by atoms with Gasteiger partial charge < -0.3 is 10.2 Å². The van der Waals surface area contributed by atoms with Gasteiger partial charge in [0.05, 0.1) is 0 Å². The Bertz CT molecular complexity index is 251. The maximum absolute atomic E-state index is 10.1. The van der Waals surface area contributed by atoms with Gasteiger partial charge in [0.2, 0.25) is 0 Å². The summed E-state index contributed by atoms with van der Waals surface area (Å²) in [4.78, 5) is 0. The van der Waals surface area contributed by atoms with E-state index in [-0.39, 0.29) is 6.61 Å². The van der Waals surface area contributed by atoms with Gasteiger partial charge >= 0.3 is 0 Å². The maximum Gasteiger partial charge on any atom is 0.128 e. The van der Waals surface area contributed by atoms with Crippen molar-refractivity contribution < 1.29 is 10.2 Å². The van der Waals surface area contributed by atoms with E-state index in [2.05, 4.69) is 18.8 Å². The van der Waals surface area contributed by atoms with Crippen LogP contribution in [0.15, 0.2) is 0 Å². The third-order valence-electron chi connectivity index (χ3n) is 3.59. The van der Waals surface area contributed by atoms with E-state index in [1.807, 2.05) is 0 Å². The largest absolute Gasteiger partial charge is 0.384 e. The first-order valence-electron chi connectivity index (χ1n) is 6.56. The lowest BCUT2D eigenvalue weighted by atomic mass is 9.67. The lowest BCUT2D eigenvalue weighted by molar-refractivity contribution is -0.0472. The van der Waals surface area contributed by atoms with Crippen LogP contribution in [0.4, 0.5) is 0 Å². The number of rotatable bonds is 6. The quantitative estimate of drug-likeness (QED) is 0.537. The van der Waals surface area contributed by atoms with Crippen molar-refractivity contribution in [1.82, 2.24) is 0 Å². The molecule has 16 heavy (non-hydrogen) atoms. The van der Waals surface area contributed by atoms with Crippen molar-refractivity contribution >= 4 is 0 Å². The Morgan fingerprint density at radius 3 is 2.56 bits per heavy atom. The molecule has 0 heterocycles. The van der Waals surface area contributed by atoms with Crippen molar-refractivity contribution in [3.05, 3.63) is 0 Å². The van der Waals surface area contributed by atoms with Gasteiger partial charge in [-0.05, 0) is 25.2 Å². The van der Waals surface area contributed by atoms with E-state index in [9.17, 15) is 5.11 Å². The Morgan fingerprint density at radius 1 is 1.25 bits per heavy atom. The summed E-state index contributed by atoms with van der Waals surface area (Å²) >= 11 is 0. The van der Waals surface area contributed by atoms with Crippen LogP contribution in [0, 0.1) is 17.8 Å². The SMILES string of the molecule is CCCCCCC[C@@H]1CC[C@@]1(O)C#CCO. The van der Waals surface area contributed by atoms with Crippen molar-refractivity contribution in [2.24, 2.45) is 5.92 Å². The average Bonchev–Trinajstić information content (AvgIpc) is 2.29. The van der Waals surface area contributed by atoms with E-state index in [0.717, 1.165) is 19.3 Å². The molecule has 1 fully saturated rings. The highest BCUT2D eigenvalue weighted by Gasteiger charge is 2.43. The molecule has 0 saturated heterocycles. The second-order valence-electron chi connectivity index (χ2n) is 4.82. The van der Waals surface area contributed by atoms with Gasteiger partial charge in [-0.15, -0.1) is 0 Å². The fraction of sp³-hybridized carbons (Fsp3) is 0.857. The fourth-order valence-corrected chi connectivity index (χ4v) is 2.36. The highest BCUT2D eigenvalue weighted by Crippen LogP contribution is 2.41. The van der Waals surface area contributed by atoms with Crippen LogP contribution in [-0.4, -0.2) is 22.4 Å². The number of aliphatic hydroxyl groups excluding tert-OH is 1. The van der Waals surface area contributed by atoms with E-state index in [1.54, 1.807) is 0 Å². The first-order chi connectivity index (χ1) is 7.73. The molecule has 92 valence electrons. The van der Waals surface area contributed by atoms with Gasteiger partial charge in [0.1, 0.15) is 12.2 Å². The molecule has 0 aromatic heterocycles. The summed E-state index contributed by atoms with van der Waals surface area (Å²) in [6.07, 6.45) is 9.32. The molecule has 2 N–H and O–H groups in total. The van der Waals surface area contributed by atoms with Crippen LogP contribution in [0.2, 0.25) is 0 Å². The topological polar surface area (TPSA) is 40.5 Å². The van der Waals surface area contributed by atoms with E-state index in [4.69, 9.17) is 5.11 Å². The van der Waals surface area contributed by atoms with Crippen LogP contribution < -0.4 is 0 Å². The van der Waals surface area contributed by atoms with Gasteiger partial charge in [0, 0.05) is 0 Å². The van der Waals surface area contributed by atoms with Crippen LogP contribution in [0.3, 0.4) is 0 Å². The van der Waals surface area contributed by atoms with Crippen LogP contribution in [0.5, 0.6) is 0 Å². The molecular weight excluding hydrogens is 200 g/mol. The van der Waals surface area contributed by atoms with Gasteiger partial charge in [-0.1, -0.05) is 50.9 Å². The molecule has 2 nitrogen and oxygen atoms in total. The van der Waals surface area contributed by atoms with Gasteiger partial charge in [-0.25, -0.2) is 0 Å². The summed E-state index contributed by atoms with van der Waals surface area (Å²) in [7, 11) is 0. The summed E-state index contributed by atoms with van der Waals surface area (Å²) in [5, 5.41) is 18.7. The first kappa shape index (κ1) is 13.5. The van der Waals surface area contributed by atoms with Crippen LogP contribution in [-0.2, 0) is 0 Å². The van der Waals surface area contributed by atoms with Crippen molar-refractivity contribution in [2.75, 3.05) is 6.61 Å². The Labute approximate surface area is 99.1 Å². The highest BCUT2D eigenvalue weighted by atomic mass is 16.3. The van der Waals surface area contributed by atoms with Gasteiger partial charge in [-0.3, -0.25) is 0 Å². The van der Waals surface area contributed by atoms with Crippen LogP contribution in [0.1, 0.15) is 58.3 Å². The third kappa shape index (κ3) is 3.81. The zero-order valence-electron chi connectivity index (χ0n) is 10.3. The Kier molecular flexibility index (Phi) is 5.87. The maximum atomic E-state index is 10.1. The fourth-order valence-electron chi connectivity index (χ4n) is 2.36. The molecule has 1 saturated carbocycles. The Morgan fingerprint density at radius 2 is 2.00 bits per heavy atom. The van der Waals surface area contributed by atoms with Crippen LogP contribution >= 0.6 is 0 Å². The summed E-state index contributed by atoms with van der Waals surface area (Å²) in [6.45, 7) is 2.07. The lowest BCUT2D eigenvalue weighted by Crippen LogP contribution is -2.45. The Hall–Kier alpha value is -0.520. The molecule has 0 aromatic carbocycles. The summed E-state index contributed by atoms with van der Waals surface area (Å²) in [5.74, 6) is 5.73. The number of unbranched alkanes of at least 4 members (excludes halogenated alkanes) is 4. The number of aliphatic hydroxyl groups is 2. The predicted molar refractivity (Wildman–Crippen MR) is 65.9 cm³/mol. The zero-order chi connectivity index (χ0) is 11.9. The molecule has 0 amide bonds. The zero-order valence-corrected chi connectivity index (χ0v) is 10.3. The molecule has 0 bridgehead atoms. The summed E-state index contributed by atoms with van der Waals surface area (Å²) < 4.78 is 0. The molecule has 0 aliphatic heterocycles.